The van der Waals surface area contributed by atoms with Gasteiger partial charge in [-0.25, -0.2) is 0 Å². The van der Waals surface area contributed by atoms with Crippen LogP contribution in [-0.4, -0.2) is 4.57 Å². The number of para-hydroxylation sites is 2. The van der Waals surface area contributed by atoms with E-state index in [1.165, 1.54) is 72.0 Å². The van der Waals surface area contributed by atoms with E-state index in [-0.39, 0.29) is 0 Å². The van der Waals surface area contributed by atoms with Gasteiger partial charge in [0.2, 0.25) is 0 Å². The number of rotatable bonds is 0. The molecule has 0 unspecified atom stereocenters. The Balaban J connectivity index is 1.30. The molecule has 0 atom stereocenters. The number of benzene rings is 5. The molecule has 34 heavy (non-hydrogen) atoms. The molecule has 5 aromatic carbocycles. The van der Waals surface area contributed by atoms with Crippen molar-refractivity contribution >= 4 is 21.8 Å². The SMILES string of the molecule is c1ccc2c(c1)Cc1c-2ccc2c1Cc1c-2ccc2c1Cc1cccc3c4ccccc4n-2c13. The molecule has 0 N–H and O–H groups in total. The monoisotopic (exact) mass is 431 g/mol. The van der Waals surface area contributed by atoms with Crippen molar-refractivity contribution in [1.29, 1.82) is 0 Å². The molecular weight excluding hydrogens is 410 g/mol. The van der Waals surface area contributed by atoms with Crippen LogP contribution in [0.1, 0.15) is 33.4 Å². The van der Waals surface area contributed by atoms with Crippen molar-refractivity contribution in [2.24, 2.45) is 0 Å². The lowest BCUT2D eigenvalue weighted by Gasteiger charge is -2.23. The molecule has 1 aliphatic heterocycles. The molecule has 0 bridgehead atoms. The number of aromatic nitrogens is 1. The summed E-state index contributed by atoms with van der Waals surface area (Å²) >= 11 is 0. The number of fused-ring (bicyclic) bond motifs is 13. The molecule has 1 heteroatoms. The van der Waals surface area contributed by atoms with Crippen LogP contribution in [0.2, 0.25) is 0 Å². The highest BCUT2D eigenvalue weighted by Crippen LogP contribution is 2.49. The molecule has 0 saturated carbocycles. The van der Waals surface area contributed by atoms with Gasteiger partial charge < -0.3 is 4.57 Å². The second-order valence-electron chi connectivity index (χ2n) is 10.1. The van der Waals surface area contributed by atoms with Crippen LogP contribution in [0.3, 0.4) is 0 Å². The summed E-state index contributed by atoms with van der Waals surface area (Å²) in [6.45, 7) is 0. The van der Waals surface area contributed by atoms with E-state index in [0.717, 1.165) is 19.3 Å². The minimum atomic E-state index is 1.02. The molecule has 0 amide bonds. The first-order valence-electron chi connectivity index (χ1n) is 12.3. The fourth-order valence-electron chi connectivity index (χ4n) is 7.12. The average Bonchev–Trinajstić information content (AvgIpc) is 3.55. The van der Waals surface area contributed by atoms with Crippen LogP contribution in [0.4, 0.5) is 0 Å². The summed E-state index contributed by atoms with van der Waals surface area (Å²) in [5, 5.41) is 2.73. The van der Waals surface area contributed by atoms with E-state index in [2.05, 4.69) is 95.6 Å². The Morgan fingerprint density at radius 2 is 1.09 bits per heavy atom. The fourth-order valence-corrected chi connectivity index (χ4v) is 7.12. The summed E-state index contributed by atoms with van der Waals surface area (Å²) in [4.78, 5) is 0. The first-order chi connectivity index (χ1) is 16.9. The molecule has 0 radical (unpaired) electrons. The predicted molar refractivity (Wildman–Crippen MR) is 140 cm³/mol. The minimum absolute atomic E-state index is 1.02. The van der Waals surface area contributed by atoms with Gasteiger partial charge in [0.25, 0.3) is 0 Å². The normalized spacial score (nSPS) is 14.1. The third-order valence-electron chi connectivity index (χ3n) is 8.54. The zero-order chi connectivity index (χ0) is 22.0. The summed E-state index contributed by atoms with van der Waals surface area (Å²) in [7, 11) is 0. The Bertz CT molecular complexity index is 1880. The number of hydrogen-bond donors (Lipinski definition) is 0. The second kappa shape index (κ2) is 5.87. The molecule has 1 aromatic heterocycles. The second-order valence-corrected chi connectivity index (χ2v) is 10.1. The molecule has 1 nitrogen and oxygen atoms in total. The summed E-state index contributed by atoms with van der Waals surface area (Å²) in [6.07, 6.45) is 3.13. The highest BCUT2D eigenvalue weighted by Gasteiger charge is 2.32. The Labute approximate surface area is 197 Å². The Morgan fingerprint density at radius 1 is 0.441 bits per heavy atom. The maximum absolute atomic E-state index is 2.53. The maximum atomic E-state index is 2.53. The lowest BCUT2D eigenvalue weighted by molar-refractivity contribution is 1.01. The molecule has 9 rings (SSSR count). The van der Waals surface area contributed by atoms with Gasteiger partial charge in [-0.2, -0.15) is 0 Å². The van der Waals surface area contributed by atoms with Crippen molar-refractivity contribution in [2.45, 2.75) is 19.3 Å². The van der Waals surface area contributed by atoms with Crippen molar-refractivity contribution in [2.75, 3.05) is 0 Å². The molecular formula is C33H21N. The largest absolute Gasteiger partial charge is 0.309 e. The lowest BCUT2D eigenvalue weighted by Crippen LogP contribution is -2.10. The molecule has 6 aromatic rings. The highest BCUT2D eigenvalue weighted by atomic mass is 15.0. The van der Waals surface area contributed by atoms with Crippen LogP contribution in [0, 0.1) is 0 Å². The van der Waals surface area contributed by atoms with E-state index in [9.17, 15) is 0 Å². The Hall–Kier alpha value is -4.10. The number of nitrogens with zero attached hydrogens (tertiary/aromatic N) is 1. The van der Waals surface area contributed by atoms with E-state index in [1.807, 2.05) is 0 Å². The quantitative estimate of drug-likeness (QED) is 0.231. The van der Waals surface area contributed by atoms with E-state index >= 15 is 0 Å². The van der Waals surface area contributed by atoms with E-state index in [0.29, 0.717) is 0 Å². The summed E-state index contributed by atoms with van der Waals surface area (Å²) in [6, 6.07) is 34.2. The standard InChI is InChI=1S/C33H21N/c1-2-8-21-19(6-1)16-27-22(21)12-13-23-24-14-15-32-30(29(24)18-28(23)27)17-20-7-5-10-26-25-9-3-4-11-31(25)34(32)33(20)26/h1-15H,16-18H2. The summed E-state index contributed by atoms with van der Waals surface area (Å²) in [5.74, 6) is 0. The third kappa shape index (κ3) is 1.94. The smallest absolute Gasteiger partial charge is 0.0576 e. The molecule has 2 aliphatic carbocycles. The predicted octanol–water partition coefficient (Wildman–Crippen LogP) is 7.83. The van der Waals surface area contributed by atoms with E-state index in [4.69, 9.17) is 0 Å². The van der Waals surface area contributed by atoms with Crippen molar-refractivity contribution in [1.82, 2.24) is 4.57 Å². The maximum Gasteiger partial charge on any atom is 0.0576 e. The summed E-state index contributed by atoms with van der Waals surface area (Å²) < 4.78 is 2.53. The molecule has 2 heterocycles. The minimum Gasteiger partial charge on any atom is -0.309 e. The number of hydrogen-bond acceptors (Lipinski definition) is 0. The van der Waals surface area contributed by atoms with Crippen LogP contribution >= 0.6 is 0 Å². The zero-order valence-corrected chi connectivity index (χ0v) is 18.7. The van der Waals surface area contributed by atoms with Gasteiger partial charge in [0.05, 0.1) is 16.7 Å². The van der Waals surface area contributed by atoms with Crippen molar-refractivity contribution in [3.05, 3.63) is 124 Å². The topological polar surface area (TPSA) is 4.93 Å². The first kappa shape index (κ1) is 17.4. The Kier molecular flexibility index (Phi) is 3.00. The van der Waals surface area contributed by atoms with Crippen molar-refractivity contribution in [3.8, 4) is 27.9 Å². The van der Waals surface area contributed by atoms with Crippen LogP contribution in [0.5, 0.6) is 0 Å². The summed E-state index contributed by atoms with van der Waals surface area (Å²) in [5.41, 5.74) is 18.9. The molecule has 158 valence electrons. The van der Waals surface area contributed by atoms with Gasteiger partial charge in [-0.05, 0) is 80.6 Å². The van der Waals surface area contributed by atoms with Crippen LogP contribution in [0.25, 0.3) is 49.7 Å². The van der Waals surface area contributed by atoms with Crippen LogP contribution in [-0.2, 0) is 19.3 Å². The fraction of sp³-hybridized carbons (Fsp3) is 0.0909. The molecule has 0 fully saturated rings. The van der Waals surface area contributed by atoms with Gasteiger partial charge in [-0.15, -0.1) is 0 Å². The lowest BCUT2D eigenvalue weighted by atomic mass is 9.91. The first-order valence-corrected chi connectivity index (χ1v) is 12.3. The van der Waals surface area contributed by atoms with E-state index < -0.39 is 0 Å². The van der Waals surface area contributed by atoms with Gasteiger partial charge >= 0.3 is 0 Å². The highest BCUT2D eigenvalue weighted by molar-refractivity contribution is 6.11. The molecule has 3 aliphatic rings. The van der Waals surface area contributed by atoms with Crippen LogP contribution < -0.4 is 0 Å². The van der Waals surface area contributed by atoms with Crippen LogP contribution in [0.15, 0.2) is 91.0 Å². The van der Waals surface area contributed by atoms with Crippen molar-refractivity contribution in [3.63, 3.8) is 0 Å². The van der Waals surface area contributed by atoms with Gasteiger partial charge in [0, 0.05) is 17.2 Å². The molecule has 0 saturated heterocycles. The van der Waals surface area contributed by atoms with Gasteiger partial charge in [-0.1, -0.05) is 78.9 Å². The van der Waals surface area contributed by atoms with Gasteiger partial charge in [-0.3, -0.25) is 0 Å². The average molecular weight is 432 g/mol. The van der Waals surface area contributed by atoms with Gasteiger partial charge in [0.15, 0.2) is 0 Å². The zero-order valence-electron chi connectivity index (χ0n) is 18.7. The van der Waals surface area contributed by atoms with Gasteiger partial charge in [0.1, 0.15) is 0 Å². The third-order valence-corrected chi connectivity index (χ3v) is 8.54. The molecule has 0 spiro atoms. The van der Waals surface area contributed by atoms with Crippen molar-refractivity contribution < 1.29 is 0 Å². The Morgan fingerprint density at radius 3 is 2.03 bits per heavy atom. The van der Waals surface area contributed by atoms with E-state index in [1.54, 1.807) is 11.1 Å².